The van der Waals surface area contributed by atoms with Crippen molar-refractivity contribution >= 4 is 27.9 Å². The molecule has 2 aromatic heterocycles. The van der Waals surface area contributed by atoms with Crippen molar-refractivity contribution in [1.29, 1.82) is 0 Å². The summed E-state index contributed by atoms with van der Waals surface area (Å²) in [5.41, 5.74) is 1.98. The maximum Gasteiger partial charge on any atom is 0.337 e. The van der Waals surface area contributed by atoms with Crippen molar-refractivity contribution in [3.63, 3.8) is 0 Å². The van der Waals surface area contributed by atoms with Gasteiger partial charge in [0.05, 0.1) is 23.7 Å². The summed E-state index contributed by atoms with van der Waals surface area (Å²) in [4.78, 5) is 29.1. The van der Waals surface area contributed by atoms with E-state index in [4.69, 9.17) is 9.15 Å². The predicted octanol–water partition coefficient (Wildman–Crippen LogP) is 2.66. The Kier molecular flexibility index (Phi) is 4.57. The highest BCUT2D eigenvalue weighted by Gasteiger charge is 2.14. The van der Waals surface area contributed by atoms with E-state index in [1.54, 1.807) is 18.2 Å². The second-order valence-corrected chi connectivity index (χ2v) is 6.42. The van der Waals surface area contributed by atoms with Gasteiger partial charge in [-0.2, -0.15) is 0 Å². The molecule has 0 atom stereocenters. The lowest BCUT2D eigenvalue weighted by molar-refractivity contribution is 0.0955. The van der Waals surface area contributed by atoms with E-state index in [1.807, 2.05) is 35.9 Å². The molecular weight excluding hydrogens is 358 g/mol. The van der Waals surface area contributed by atoms with Crippen LogP contribution in [0.2, 0.25) is 0 Å². The third-order valence-electron chi connectivity index (χ3n) is 4.71. The van der Waals surface area contributed by atoms with Crippen LogP contribution in [-0.4, -0.2) is 29.1 Å². The average Bonchev–Trinajstić information content (AvgIpc) is 3.02. The fourth-order valence-corrected chi connectivity index (χ4v) is 3.26. The van der Waals surface area contributed by atoms with Gasteiger partial charge in [0.1, 0.15) is 17.2 Å². The third-order valence-corrected chi connectivity index (χ3v) is 4.71. The number of imidazole rings is 1. The number of aromatic nitrogens is 2. The Labute approximate surface area is 160 Å². The summed E-state index contributed by atoms with van der Waals surface area (Å²) < 4.78 is 12.3. The normalized spacial score (nSPS) is 11.1. The zero-order chi connectivity index (χ0) is 19.7. The maximum absolute atomic E-state index is 12.7. The van der Waals surface area contributed by atoms with Gasteiger partial charge in [-0.3, -0.25) is 4.79 Å². The Bertz CT molecular complexity index is 1240. The summed E-state index contributed by atoms with van der Waals surface area (Å²) in [7, 11) is 3.48. The Morgan fingerprint density at radius 1 is 1.21 bits per heavy atom. The van der Waals surface area contributed by atoms with Crippen LogP contribution < -0.4 is 15.7 Å². The molecule has 28 heavy (non-hydrogen) atoms. The van der Waals surface area contributed by atoms with Crippen molar-refractivity contribution < 1.29 is 13.9 Å². The van der Waals surface area contributed by atoms with Gasteiger partial charge in [0, 0.05) is 37.5 Å². The van der Waals surface area contributed by atoms with Gasteiger partial charge < -0.3 is 19.0 Å². The molecule has 4 aromatic rings. The van der Waals surface area contributed by atoms with Crippen molar-refractivity contribution in [2.75, 3.05) is 13.7 Å². The number of carbonyl (C=O) groups excluding carboxylic acids is 1. The van der Waals surface area contributed by atoms with Crippen LogP contribution in [0, 0.1) is 0 Å². The summed E-state index contributed by atoms with van der Waals surface area (Å²) in [5, 5.41) is 3.42. The van der Waals surface area contributed by atoms with Crippen molar-refractivity contribution in [3.05, 3.63) is 70.3 Å². The van der Waals surface area contributed by atoms with Crippen LogP contribution in [0.5, 0.6) is 5.75 Å². The van der Waals surface area contributed by atoms with E-state index in [0.29, 0.717) is 29.7 Å². The lowest BCUT2D eigenvalue weighted by Gasteiger charge is -2.08. The molecule has 0 saturated carbocycles. The van der Waals surface area contributed by atoms with Gasteiger partial charge >= 0.3 is 5.63 Å². The van der Waals surface area contributed by atoms with E-state index in [1.165, 1.54) is 13.2 Å². The first-order valence-corrected chi connectivity index (χ1v) is 8.87. The number of amides is 1. The molecule has 2 heterocycles. The lowest BCUT2D eigenvalue weighted by atomic mass is 10.1. The minimum Gasteiger partial charge on any atom is -0.497 e. The molecule has 4 rings (SSSR count). The number of carbonyl (C=O) groups is 1. The summed E-state index contributed by atoms with van der Waals surface area (Å²) in [6, 6.07) is 14.1. The van der Waals surface area contributed by atoms with Crippen LogP contribution >= 0.6 is 0 Å². The van der Waals surface area contributed by atoms with Crippen molar-refractivity contribution in [2.24, 2.45) is 7.05 Å². The van der Waals surface area contributed by atoms with Crippen LogP contribution in [0.3, 0.4) is 0 Å². The summed E-state index contributed by atoms with van der Waals surface area (Å²) in [6.45, 7) is 0.397. The molecule has 7 heteroatoms. The van der Waals surface area contributed by atoms with E-state index in [0.717, 1.165) is 16.9 Å². The van der Waals surface area contributed by atoms with Gasteiger partial charge in [0.25, 0.3) is 5.91 Å². The predicted molar refractivity (Wildman–Crippen MR) is 106 cm³/mol. The topological polar surface area (TPSA) is 86.4 Å². The van der Waals surface area contributed by atoms with Crippen molar-refractivity contribution in [2.45, 2.75) is 6.42 Å². The van der Waals surface area contributed by atoms with E-state index >= 15 is 0 Å². The van der Waals surface area contributed by atoms with Gasteiger partial charge in [-0.25, -0.2) is 9.78 Å². The largest absolute Gasteiger partial charge is 0.497 e. The van der Waals surface area contributed by atoms with Crippen LogP contribution in [0.1, 0.15) is 16.2 Å². The van der Waals surface area contributed by atoms with Crippen LogP contribution in [-0.2, 0) is 13.5 Å². The Morgan fingerprint density at radius 3 is 2.82 bits per heavy atom. The number of nitrogens with zero attached hydrogens (tertiary/aromatic N) is 2. The lowest BCUT2D eigenvalue weighted by Crippen LogP contribution is -2.27. The van der Waals surface area contributed by atoms with E-state index in [9.17, 15) is 9.59 Å². The third kappa shape index (κ3) is 3.22. The number of benzene rings is 2. The van der Waals surface area contributed by atoms with Crippen LogP contribution in [0.4, 0.5) is 0 Å². The van der Waals surface area contributed by atoms with Gasteiger partial charge in [-0.05, 0) is 24.3 Å². The SMILES string of the molecule is COc1ccc2c(C(=O)NCCc3nc4ccccc4n3C)cc(=O)oc2c1. The number of rotatable bonds is 5. The standard InChI is InChI=1S/C21H19N3O4/c1-24-17-6-4-3-5-16(17)23-19(24)9-10-22-21(26)15-12-20(25)28-18-11-13(27-2)7-8-14(15)18/h3-8,11-12H,9-10H2,1-2H3,(H,22,26). The van der Waals surface area contributed by atoms with Gasteiger partial charge in [0.15, 0.2) is 0 Å². The minimum atomic E-state index is -0.582. The first-order chi connectivity index (χ1) is 13.6. The number of nitrogens with one attached hydrogen (secondary N) is 1. The van der Waals surface area contributed by atoms with E-state index in [-0.39, 0.29) is 11.5 Å². The molecule has 142 valence electrons. The number of hydrogen-bond donors (Lipinski definition) is 1. The number of para-hydroxylation sites is 2. The van der Waals surface area contributed by atoms with Gasteiger partial charge in [-0.15, -0.1) is 0 Å². The molecule has 1 amide bonds. The monoisotopic (exact) mass is 377 g/mol. The highest BCUT2D eigenvalue weighted by molar-refractivity contribution is 6.05. The Morgan fingerprint density at radius 2 is 2.04 bits per heavy atom. The number of aryl methyl sites for hydroxylation is 1. The molecule has 7 nitrogen and oxygen atoms in total. The zero-order valence-electron chi connectivity index (χ0n) is 15.6. The Hall–Kier alpha value is -3.61. The van der Waals surface area contributed by atoms with Crippen molar-refractivity contribution in [3.8, 4) is 5.75 Å². The van der Waals surface area contributed by atoms with Crippen molar-refractivity contribution in [1.82, 2.24) is 14.9 Å². The average molecular weight is 377 g/mol. The molecule has 0 saturated heterocycles. The highest BCUT2D eigenvalue weighted by atomic mass is 16.5. The number of fused-ring (bicyclic) bond motifs is 2. The summed E-state index contributed by atoms with van der Waals surface area (Å²) in [5.74, 6) is 1.10. The molecule has 0 spiro atoms. The van der Waals surface area contributed by atoms with Crippen LogP contribution in [0.15, 0.2) is 57.7 Å². The van der Waals surface area contributed by atoms with Gasteiger partial charge in [-0.1, -0.05) is 12.1 Å². The first-order valence-electron chi connectivity index (χ1n) is 8.87. The molecular formula is C21H19N3O4. The number of hydrogen-bond acceptors (Lipinski definition) is 5. The minimum absolute atomic E-state index is 0.277. The molecule has 1 N–H and O–H groups in total. The first kappa shape index (κ1) is 17.8. The molecule has 0 unspecified atom stereocenters. The fourth-order valence-electron chi connectivity index (χ4n) is 3.26. The zero-order valence-corrected chi connectivity index (χ0v) is 15.6. The second kappa shape index (κ2) is 7.19. The Balaban J connectivity index is 1.53. The van der Waals surface area contributed by atoms with E-state index in [2.05, 4.69) is 10.3 Å². The fraction of sp³-hybridized carbons (Fsp3) is 0.190. The molecule has 0 radical (unpaired) electrons. The smallest absolute Gasteiger partial charge is 0.337 e. The molecule has 0 fully saturated rings. The maximum atomic E-state index is 12.7. The molecule has 0 bridgehead atoms. The van der Waals surface area contributed by atoms with E-state index < -0.39 is 5.63 Å². The quantitative estimate of drug-likeness (QED) is 0.541. The summed E-state index contributed by atoms with van der Waals surface area (Å²) in [6.07, 6.45) is 0.574. The molecule has 0 aliphatic carbocycles. The molecule has 2 aromatic carbocycles. The highest BCUT2D eigenvalue weighted by Crippen LogP contribution is 2.22. The molecule has 0 aliphatic heterocycles. The number of ether oxygens (including phenoxy) is 1. The summed E-state index contributed by atoms with van der Waals surface area (Å²) >= 11 is 0. The number of methoxy groups -OCH3 is 1. The van der Waals surface area contributed by atoms with Gasteiger partial charge in [0.2, 0.25) is 0 Å². The molecule has 0 aliphatic rings. The van der Waals surface area contributed by atoms with Crippen LogP contribution in [0.25, 0.3) is 22.0 Å². The second-order valence-electron chi connectivity index (χ2n) is 6.42.